The molecule has 146 valence electrons. The van der Waals surface area contributed by atoms with Gasteiger partial charge in [0.05, 0.1) is 10.5 Å². The number of hydrogen-bond acceptors (Lipinski definition) is 8. The molecule has 0 spiro atoms. The summed E-state index contributed by atoms with van der Waals surface area (Å²) >= 11 is 0. The molecule has 0 unspecified atom stereocenters. The number of amides is 1. The van der Waals surface area contributed by atoms with Crippen LogP contribution in [0.2, 0.25) is 0 Å². The number of carbonyl (C=O) groups is 1. The molecule has 1 amide bonds. The first-order chi connectivity index (χ1) is 13.4. The lowest BCUT2D eigenvalue weighted by molar-refractivity contribution is 0.0742. The van der Waals surface area contributed by atoms with E-state index in [0.29, 0.717) is 43.2 Å². The second-order valence-electron chi connectivity index (χ2n) is 6.63. The van der Waals surface area contributed by atoms with Gasteiger partial charge in [-0.15, -0.1) is 5.10 Å². The Labute approximate surface area is 161 Å². The van der Waals surface area contributed by atoms with Crippen molar-refractivity contribution in [1.82, 2.24) is 29.9 Å². The number of benzene rings is 1. The molecule has 1 aliphatic rings. The van der Waals surface area contributed by atoms with Crippen molar-refractivity contribution in [3.8, 4) is 0 Å². The fourth-order valence-electron chi connectivity index (χ4n) is 3.33. The molecule has 3 aromatic rings. The molecule has 2 aromatic heterocycles. The molecule has 4 rings (SSSR count). The minimum atomic E-state index is -3.49. The van der Waals surface area contributed by atoms with E-state index in [1.165, 1.54) is 12.4 Å². The lowest BCUT2D eigenvalue weighted by Crippen LogP contribution is -2.49. The van der Waals surface area contributed by atoms with Gasteiger partial charge in [-0.25, -0.2) is 23.1 Å². The van der Waals surface area contributed by atoms with Crippen molar-refractivity contribution >= 4 is 32.7 Å². The van der Waals surface area contributed by atoms with Crippen LogP contribution in [-0.4, -0.2) is 76.6 Å². The molecule has 0 N–H and O–H groups in total. The second-order valence-corrected chi connectivity index (χ2v) is 8.61. The fraction of sp³-hybridized carbons (Fsp3) is 0.353. The molecule has 1 aliphatic heterocycles. The Hall–Kier alpha value is -3.08. The van der Waals surface area contributed by atoms with E-state index in [9.17, 15) is 13.2 Å². The largest absolute Gasteiger partial charge is 0.351 e. The Bertz CT molecular complexity index is 1150. The van der Waals surface area contributed by atoms with E-state index in [2.05, 4.69) is 20.3 Å². The number of carbonyl (C=O) groups excluding carboxylic acids is 1. The van der Waals surface area contributed by atoms with E-state index in [-0.39, 0.29) is 16.4 Å². The number of hydrogen-bond donors (Lipinski definition) is 0. The highest BCUT2D eigenvalue weighted by Crippen LogP contribution is 2.23. The van der Waals surface area contributed by atoms with Crippen LogP contribution in [0.4, 0.5) is 5.82 Å². The maximum absolute atomic E-state index is 12.9. The van der Waals surface area contributed by atoms with Gasteiger partial charge in [-0.2, -0.15) is 0 Å². The SMILES string of the molecule is Cn1nnc2c(N3CCN(C(=O)c4ccccc4S(C)(=O)=O)CC3)ncnc21. The van der Waals surface area contributed by atoms with Crippen molar-refractivity contribution in [2.24, 2.45) is 7.05 Å². The Kier molecular flexibility index (Phi) is 4.46. The van der Waals surface area contributed by atoms with Crippen molar-refractivity contribution < 1.29 is 13.2 Å². The third kappa shape index (κ3) is 3.17. The Balaban J connectivity index is 1.54. The van der Waals surface area contributed by atoms with Crippen molar-refractivity contribution in [2.45, 2.75) is 4.90 Å². The Morgan fingerprint density at radius 3 is 2.50 bits per heavy atom. The van der Waals surface area contributed by atoms with Crippen LogP contribution < -0.4 is 4.90 Å². The van der Waals surface area contributed by atoms with Gasteiger partial charge >= 0.3 is 0 Å². The van der Waals surface area contributed by atoms with Crippen LogP contribution >= 0.6 is 0 Å². The molecule has 3 heterocycles. The second kappa shape index (κ2) is 6.82. The Morgan fingerprint density at radius 2 is 1.79 bits per heavy atom. The van der Waals surface area contributed by atoms with Crippen LogP contribution in [0.15, 0.2) is 35.5 Å². The summed E-state index contributed by atoms with van der Waals surface area (Å²) in [6.45, 7) is 2.00. The van der Waals surface area contributed by atoms with Gasteiger partial charge in [-0.3, -0.25) is 4.79 Å². The molecule has 0 saturated carbocycles. The molecule has 11 heteroatoms. The molecule has 0 bridgehead atoms. The summed E-state index contributed by atoms with van der Waals surface area (Å²) in [7, 11) is -1.72. The highest BCUT2D eigenvalue weighted by molar-refractivity contribution is 7.90. The minimum absolute atomic E-state index is 0.0551. The first-order valence-electron chi connectivity index (χ1n) is 8.70. The standard InChI is InChI=1S/C17H19N7O3S/c1-22-15-14(20-21-22)16(19-11-18-15)23-7-9-24(10-8-23)17(25)12-5-3-4-6-13(12)28(2,26)27/h3-6,11H,7-10H2,1-2H3. The summed E-state index contributed by atoms with van der Waals surface area (Å²) in [6, 6.07) is 6.30. The highest BCUT2D eigenvalue weighted by atomic mass is 32.2. The van der Waals surface area contributed by atoms with Gasteiger partial charge in [0.2, 0.25) is 0 Å². The zero-order chi connectivity index (χ0) is 19.9. The van der Waals surface area contributed by atoms with E-state index in [0.717, 1.165) is 6.26 Å². The molecular formula is C17H19N7O3S. The first-order valence-corrected chi connectivity index (χ1v) is 10.6. The molecule has 1 aromatic carbocycles. The van der Waals surface area contributed by atoms with E-state index >= 15 is 0 Å². The van der Waals surface area contributed by atoms with Crippen molar-refractivity contribution in [1.29, 1.82) is 0 Å². The number of fused-ring (bicyclic) bond motifs is 1. The van der Waals surface area contributed by atoms with Crippen molar-refractivity contribution in [3.05, 3.63) is 36.2 Å². The molecule has 0 aliphatic carbocycles. The van der Waals surface area contributed by atoms with E-state index in [1.54, 1.807) is 34.8 Å². The maximum Gasteiger partial charge on any atom is 0.255 e. The van der Waals surface area contributed by atoms with Crippen LogP contribution in [-0.2, 0) is 16.9 Å². The van der Waals surface area contributed by atoms with Crippen LogP contribution in [0.3, 0.4) is 0 Å². The normalized spacial score (nSPS) is 15.2. The molecule has 1 saturated heterocycles. The fourth-order valence-corrected chi connectivity index (χ4v) is 4.21. The number of sulfone groups is 1. The molecule has 1 fully saturated rings. The smallest absolute Gasteiger partial charge is 0.255 e. The summed E-state index contributed by atoms with van der Waals surface area (Å²) < 4.78 is 25.6. The number of nitrogens with zero attached hydrogens (tertiary/aromatic N) is 7. The van der Waals surface area contributed by atoms with Crippen LogP contribution in [0, 0.1) is 0 Å². The predicted molar refractivity (Wildman–Crippen MR) is 102 cm³/mol. The van der Waals surface area contributed by atoms with Crippen LogP contribution in [0.1, 0.15) is 10.4 Å². The lowest BCUT2D eigenvalue weighted by Gasteiger charge is -2.35. The predicted octanol–water partition coefficient (Wildman–Crippen LogP) is 0.124. The van der Waals surface area contributed by atoms with Gasteiger partial charge in [0.25, 0.3) is 5.91 Å². The molecular weight excluding hydrogens is 382 g/mol. The van der Waals surface area contributed by atoms with Crippen molar-refractivity contribution in [3.63, 3.8) is 0 Å². The van der Waals surface area contributed by atoms with Gasteiger partial charge in [0, 0.05) is 39.5 Å². The third-order valence-electron chi connectivity index (χ3n) is 4.75. The van der Waals surface area contributed by atoms with E-state index in [4.69, 9.17) is 0 Å². The summed E-state index contributed by atoms with van der Waals surface area (Å²) in [5.74, 6) is 0.398. The summed E-state index contributed by atoms with van der Waals surface area (Å²) in [4.78, 5) is 25.2. The zero-order valence-corrected chi connectivity index (χ0v) is 16.3. The van der Waals surface area contributed by atoms with Gasteiger partial charge in [-0.1, -0.05) is 17.3 Å². The first kappa shape index (κ1) is 18.3. The third-order valence-corrected chi connectivity index (χ3v) is 5.91. The summed E-state index contributed by atoms with van der Waals surface area (Å²) in [5, 5.41) is 8.12. The minimum Gasteiger partial charge on any atom is -0.351 e. The van der Waals surface area contributed by atoms with Gasteiger partial charge in [0.1, 0.15) is 6.33 Å². The number of rotatable bonds is 3. The zero-order valence-electron chi connectivity index (χ0n) is 15.5. The Morgan fingerprint density at radius 1 is 1.07 bits per heavy atom. The average Bonchev–Trinajstić information content (AvgIpc) is 3.08. The molecule has 0 atom stereocenters. The summed E-state index contributed by atoms with van der Waals surface area (Å²) in [6.07, 6.45) is 2.58. The molecule has 0 radical (unpaired) electrons. The highest BCUT2D eigenvalue weighted by Gasteiger charge is 2.27. The average molecular weight is 401 g/mol. The quantitative estimate of drug-likeness (QED) is 0.608. The topological polar surface area (TPSA) is 114 Å². The number of piperazine rings is 1. The number of anilines is 1. The van der Waals surface area contributed by atoms with Gasteiger partial charge in [0.15, 0.2) is 26.8 Å². The molecule has 28 heavy (non-hydrogen) atoms. The monoisotopic (exact) mass is 401 g/mol. The number of aromatic nitrogens is 5. The lowest BCUT2D eigenvalue weighted by atomic mass is 10.2. The van der Waals surface area contributed by atoms with Crippen molar-refractivity contribution in [2.75, 3.05) is 37.3 Å². The summed E-state index contributed by atoms with van der Waals surface area (Å²) in [5.41, 5.74) is 1.47. The van der Waals surface area contributed by atoms with Crippen LogP contribution in [0.5, 0.6) is 0 Å². The van der Waals surface area contributed by atoms with Crippen LogP contribution in [0.25, 0.3) is 11.2 Å². The van der Waals surface area contributed by atoms with E-state index in [1.807, 2.05) is 4.90 Å². The van der Waals surface area contributed by atoms with E-state index < -0.39 is 9.84 Å². The van der Waals surface area contributed by atoms with Gasteiger partial charge in [-0.05, 0) is 12.1 Å². The maximum atomic E-state index is 12.9. The van der Waals surface area contributed by atoms with Gasteiger partial charge < -0.3 is 9.80 Å². The molecule has 10 nitrogen and oxygen atoms in total. The number of aryl methyl sites for hydroxylation is 1.